The van der Waals surface area contributed by atoms with Crippen LogP contribution in [0.25, 0.3) is 56.0 Å². The van der Waals surface area contributed by atoms with Crippen molar-refractivity contribution in [2.24, 2.45) is 0 Å². The molecular weight excluding hydrogens is 779 g/mol. The van der Waals surface area contributed by atoms with Gasteiger partial charge >= 0.3 is 322 Å². The van der Waals surface area contributed by atoms with Crippen molar-refractivity contribution in [2.45, 2.75) is 39.1 Å². The molecule has 0 spiro atoms. The molecule has 2 atom stereocenters. The predicted octanol–water partition coefficient (Wildman–Crippen LogP) is 13.8. The van der Waals surface area contributed by atoms with E-state index >= 15 is 0 Å². The van der Waals surface area contributed by atoms with Crippen molar-refractivity contribution in [3.8, 4) is 22.3 Å². The zero-order valence-electron chi connectivity index (χ0n) is 30.8. The van der Waals surface area contributed by atoms with Gasteiger partial charge in [0.05, 0.1) is 0 Å². The first-order valence-electron chi connectivity index (χ1n) is 18.7. The minimum atomic E-state index is -5.82. The molecule has 0 fully saturated rings. The fourth-order valence-corrected chi connectivity index (χ4v) is 44.3. The molecule has 0 saturated carbocycles. The Labute approximate surface area is 319 Å². The Hall–Kier alpha value is -3.78. The second-order valence-corrected chi connectivity index (χ2v) is 63.3. The number of fused-ring (bicyclic) bond motifs is 4. The summed E-state index contributed by atoms with van der Waals surface area (Å²) >= 11 is -5.82. The maximum atomic E-state index is 9.03. The van der Waals surface area contributed by atoms with Crippen LogP contribution in [-0.2, 0) is 17.7 Å². The Morgan fingerprint density at radius 1 is 0.491 bits per heavy atom. The Kier molecular flexibility index (Phi) is 7.99. The number of benzene rings is 7. The van der Waals surface area contributed by atoms with Gasteiger partial charge < -0.3 is 0 Å². The summed E-state index contributed by atoms with van der Waals surface area (Å²) in [6, 6.07) is 51.0. The van der Waals surface area contributed by atoms with E-state index in [0.717, 1.165) is 0 Å². The first kappa shape index (κ1) is 35.0. The minimum absolute atomic E-state index is 0.109. The molecule has 0 bridgehead atoms. The molecule has 0 nitrogen and oxygen atoms in total. The molecule has 0 N–H and O–H groups in total. The van der Waals surface area contributed by atoms with E-state index in [-0.39, 0.29) is 7.25 Å². The van der Waals surface area contributed by atoms with Crippen molar-refractivity contribution in [1.82, 2.24) is 0 Å². The fraction of sp³-hybridized carbons (Fsp3) is 0.143. The van der Waals surface area contributed by atoms with Crippen LogP contribution in [0.4, 0.5) is 0 Å². The summed E-state index contributed by atoms with van der Waals surface area (Å²) in [5.74, 6) is 0. The summed E-state index contributed by atoms with van der Waals surface area (Å²) in [4.78, 5) is 0. The van der Waals surface area contributed by atoms with E-state index in [4.69, 9.17) is 17.0 Å². The molecule has 0 aliphatic heterocycles. The van der Waals surface area contributed by atoms with E-state index in [2.05, 4.69) is 179 Å². The third kappa shape index (κ3) is 5.47. The molecular formula is C49H43Cl2SiZr. The first-order chi connectivity index (χ1) is 25.4. The molecule has 7 aromatic carbocycles. The van der Waals surface area contributed by atoms with Crippen molar-refractivity contribution >= 4 is 57.6 Å². The molecule has 0 heterocycles. The number of hydrogen-bond acceptors (Lipinski definition) is 0. The van der Waals surface area contributed by atoms with Crippen LogP contribution in [0, 0.1) is 13.8 Å². The van der Waals surface area contributed by atoms with Crippen LogP contribution < -0.4 is 0 Å². The van der Waals surface area contributed by atoms with Crippen LogP contribution in [0.1, 0.15) is 60.0 Å². The average Bonchev–Trinajstić information content (AvgIpc) is 3.67. The fourth-order valence-electron chi connectivity index (χ4n) is 10.5. The molecule has 2 aliphatic carbocycles. The second kappa shape index (κ2) is 12.1. The van der Waals surface area contributed by atoms with Crippen LogP contribution in [0.2, 0.25) is 0 Å². The maximum absolute atomic E-state index is 9.03. The molecule has 9 rings (SSSR count). The SMILES string of the molecule is CC1=Cc2c(-c3cccc4ccccc34)cc(C)cc2[CH]1[Zr](=[SiH2])([Cl])([Cl])([CH2]c1ccccc1)[CH]1C(C)=Cc2c(-c3cccc4ccccc34)cc(C)cc21. The van der Waals surface area contributed by atoms with E-state index < -0.39 is 13.5 Å². The predicted molar refractivity (Wildman–Crippen MR) is 231 cm³/mol. The van der Waals surface area contributed by atoms with Crippen molar-refractivity contribution in [1.29, 1.82) is 0 Å². The quantitative estimate of drug-likeness (QED) is 0.147. The van der Waals surface area contributed by atoms with Crippen molar-refractivity contribution in [3.05, 3.63) is 190 Å². The molecule has 0 amide bonds. The van der Waals surface area contributed by atoms with Gasteiger partial charge in [0.1, 0.15) is 0 Å². The summed E-state index contributed by atoms with van der Waals surface area (Å²) in [5, 5.41) is 5.01. The summed E-state index contributed by atoms with van der Waals surface area (Å²) in [6.07, 6.45) is 4.83. The van der Waals surface area contributed by atoms with Crippen LogP contribution in [0.5, 0.6) is 0 Å². The Morgan fingerprint density at radius 3 is 1.38 bits per heavy atom. The Bertz CT molecular complexity index is 2660. The second-order valence-electron chi connectivity index (χ2n) is 16.3. The van der Waals surface area contributed by atoms with E-state index in [9.17, 15) is 0 Å². The van der Waals surface area contributed by atoms with Crippen molar-refractivity contribution < 1.29 is 13.5 Å². The van der Waals surface area contributed by atoms with Gasteiger partial charge in [0.25, 0.3) is 0 Å². The van der Waals surface area contributed by atoms with Gasteiger partial charge in [-0.15, -0.1) is 0 Å². The standard InChI is InChI=1S/2C21H17.C7H7.2ClH.H2Si.Zr/c2*1-14-10-17-11-15(2)13-21(20(17)12-14)19-9-5-7-16-6-3-4-8-18(16)19;1-7-5-3-2-4-6-7;;;;/h2*3-13H,1-2H3;2-6H,1H2;2*1H;1H2;/q;;;;;;+2/p-2. The first-order valence-corrected chi connectivity index (χ1v) is 35.5. The molecule has 0 saturated heterocycles. The van der Waals surface area contributed by atoms with Gasteiger partial charge in [-0.25, -0.2) is 0 Å². The van der Waals surface area contributed by atoms with E-state index in [0.29, 0.717) is 4.13 Å². The molecule has 261 valence electrons. The normalized spacial score (nSPS) is 17.9. The molecule has 2 unspecified atom stereocenters. The van der Waals surface area contributed by atoms with Gasteiger partial charge in [0.15, 0.2) is 0 Å². The van der Waals surface area contributed by atoms with Crippen molar-refractivity contribution in [3.63, 3.8) is 0 Å². The molecule has 53 heavy (non-hydrogen) atoms. The van der Waals surface area contributed by atoms with Crippen molar-refractivity contribution in [2.75, 3.05) is 0 Å². The van der Waals surface area contributed by atoms with Crippen LogP contribution >= 0.6 is 17.0 Å². The Balaban J connectivity index is 1.32. The zero-order valence-corrected chi connectivity index (χ0v) is 36.1. The number of hydrogen-bond donors (Lipinski definition) is 0. The summed E-state index contributed by atoms with van der Waals surface area (Å²) in [5.41, 5.74) is 16.3. The van der Waals surface area contributed by atoms with Gasteiger partial charge in [-0.3, -0.25) is 0 Å². The third-order valence-electron chi connectivity index (χ3n) is 12.2. The van der Waals surface area contributed by atoms with E-state index in [1.165, 1.54) is 93.9 Å². The zero-order chi connectivity index (χ0) is 36.8. The van der Waals surface area contributed by atoms with Gasteiger partial charge in [0, 0.05) is 0 Å². The van der Waals surface area contributed by atoms with Gasteiger partial charge in [0.2, 0.25) is 0 Å². The average molecular weight is 822 g/mol. The van der Waals surface area contributed by atoms with Gasteiger partial charge in [-0.1, -0.05) is 0 Å². The van der Waals surface area contributed by atoms with Crippen LogP contribution in [0.15, 0.2) is 151 Å². The number of aryl methyl sites for hydroxylation is 2. The number of allylic oxidation sites excluding steroid dienone is 2. The molecule has 2 aliphatic rings. The Morgan fingerprint density at radius 2 is 0.906 bits per heavy atom. The summed E-state index contributed by atoms with van der Waals surface area (Å²) in [7, 11) is 18.1. The van der Waals surface area contributed by atoms with E-state index in [1.54, 1.807) is 0 Å². The third-order valence-corrected chi connectivity index (χ3v) is 40.1. The number of rotatable bonds is 6. The topological polar surface area (TPSA) is 0 Å². The van der Waals surface area contributed by atoms with Crippen LogP contribution in [-0.4, -0.2) is 6.88 Å². The van der Waals surface area contributed by atoms with E-state index in [1.807, 2.05) is 6.88 Å². The molecule has 0 radical (unpaired) electrons. The molecule has 0 aromatic heterocycles. The monoisotopic (exact) mass is 819 g/mol. The van der Waals surface area contributed by atoms with Gasteiger partial charge in [-0.05, 0) is 0 Å². The number of halogens is 2. The van der Waals surface area contributed by atoms with Crippen LogP contribution in [0.3, 0.4) is 0 Å². The van der Waals surface area contributed by atoms with Gasteiger partial charge in [-0.2, -0.15) is 0 Å². The molecule has 7 aromatic rings. The summed E-state index contributed by atoms with van der Waals surface area (Å²) < 4.78 is 0.438. The summed E-state index contributed by atoms with van der Waals surface area (Å²) in [6.45, 7) is 11.1. The molecule has 4 heteroatoms.